The second kappa shape index (κ2) is 6.59. The molecule has 0 spiro atoms. The van der Waals surface area contributed by atoms with Crippen molar-refractivity contribution in [2.24, 2.45) is 0 Å². The minimum absolute atomic E-state index is 0.0846. The Morgan fingerprint density at radius 3 is 2.85 bits per heavy atom. The summed E-state index contributed by atoms with van der Waals surface area (Å²) in [5.74, 6) is 0. The molecule has 1 aliphatic rings. The molecule has 1 saturated heterocycles. The summed E-state index contributed by atoms with van der Waals surface area (Å²) in [5.41, 5.74) is 1.03. The van der Waals surface area contributed by atoms with Crippen LogP contribution in [0.5, 0.6) is 0 Å². The molecule has 1 N–H and O–H groups in total. The fourth-order valence-corrected chi connectivity index (χ4v) is 2.26. The van der Waals surface area contributed by atoms with Crippen LogP contribution in [0.3, 0.4) is 0 Å². The van der Waals surface area contributed by atoms with E-state index in [-0.39, 0.29) is 5.54 Å². The molecule has 0 saturated carbocycles. The number of nitrogens with zero attached hydrogens (tertiary/aromatic N) is 2. The zero-order valence-electron chi connectivity index (χ0n) is 13.1. The summed E-state index contributed by atoms with van der Waals surface area (Å²) < 4.78 is 11.3. The van der Waals surface area contributed by atoms with Crippen LogP contribution in [0.4, 0.5) is 6.01 Å². The smallest absolute Gasteiger partial charge is 0.297 e. The first-order valence-corrected chi connectivity index (χ1v) is 7.54. The molecule has 1 fully saturated rings. The van der Waals surface area contributed by atoms with Crippen molar-refractivity contribution in [2.75, 3.05) is 24.6 Å². The van der Waals surface area contributed by atoms with E-state index in [4.69, 9.17) is 9.15 Å². The molecule has 114 valence electrons. The van der Waals surface area contributed by atoms with Gasteiger partial charge in [-0.15, -0.1) is 0 Å². The topological polar surface area (TPSA) is 50.5 Å². The molecule has 0 radical (unpaired) electrons. The van der Waals surface area contributed by atoms with E-state index in [9.17, 15) is 0 Å². The lowest BCUT2D eigenvalue weighted by Gasteiger charge is -2.22. The van der Waals surface area contributed by atoms with Crippen molar-refractivity contribution in [3.05, 3.63) is 12.0 Å². The first-order chi connectivity index (χ1) is 9.48. The van der Waals surface area contributed by atoms with Crippen molar-refractivity contribution >= 4 is 6.01 Å². The zero-order valence-corrected chi connectivity index (χ0v) is 13.1. The average Bonchev–Trinajstić information content (AvgIpc) is 3.04. The standard InChI is InChI=1S/C15H27N3O2/c1-5-18(10-13-7-6-8-19-13)14-17-12(11-20-14)9-16-15(2,3)4/h11,13,16H,5-10H2,1-4H3. The number of nitrogens with one attached hydrogen (secondary N) is 1. The number of ether oxygens (including phenoxy) is 1. The molecule has 20 heavy (non-hydrogen) atoms. The van der Waals surface area contributed by atoms with E-state index >= 15 is 0 Å². The predicted octanol–water partition coefficient (Wildman–Crippen LogP) is 2.57. The van der Waals surface area contributed by atoms with Gasteiger partial charge in [-0.3, -0.25) is 0 Å². The van der Waals surface area contributed by atoms with E-state index in [1.807, 2.05) is 0 Å². The summed E-state index contributed by atoms with van der Waals surface area (Å²) in [6, 6.07) is 0.703. The molecule has 1 atom stereocenters. The second-order valence-corrected chi connectivity index (χ2v) is 6.40. The molecule has 1 aromatic rings. The second-order valence-electron chi connectivity index (χ2n) is 6.40. The van der Waals surface area contributed by atoms with E-state index in [1.54, 1.807) is 6.26 Å². The minimum Gasteiger partial charge on any atom is -0.432 e. The summed E-state index contributed by atoms with van der Waals surface area (Å²) in [5, 5.41) is 3.42. The third-order valence-electron chi connectivity index (χ3n) is 3.44. The van der Waals surface area contributed by atoms with Crippen LogP contribution in [-0.2, 0) is 11.3 Å². The van der Waals surface area contributed by atoms with Crippen LogP contribution in [0, 0.1) is 0 Å². The van der Waals surface area contributed by atoms with Crippen LogP contribution in [0.15, 0.2) is 10.7 Å². The van der Waals surface area contributed by atoms with Crippen molar-refractivity contribution < 1.29 is 9.15 Å². The molecule has 0 aromatic carbocycles. The van der Waals surface area contributed by atoms with E-state index < -0.39 is 0 Å². The molecule has 1 aromatic heterocycles. The van der Waals surface area contributed by atoms with Gasteiger partial charge in [-0.25, -0.2) is 0 Å². The van der Waals surface area contributed by atoms with Crippen molar-refractivity contribution in [3.8, 4) is 0 Å². The number of rotatable bonds is 6. The number of hydrogen-bond donors (Lipinski definition) is 1. The van der Waals surface area contributed by atoms with Gasteiger partial charge >= 0.3 is 0 Å². The van der Waals surface area contributed by atoms with E-state index in [0.717, 1.165) is 44.8 Å². The highest BCUT2D eigenvalue weighted by molar-refractivity contribution is 5.27. The van der Waals surface area contributed by atoms with Crippen molar-refractivity contribution in [3.63, 3.8) is 0 Å². The lowest BCUT2D eigenvalue weighted by atomic mass is 10.1. The maximum Gasteiger partial charge on any atom is 0.297 e. The third-order valence-corrected chi connectivity index (χ3v) is 3.44. The highest BCUT2D eigenvalue weighted by atomic mass is 16.5. The lowest BCUT2D eigenvalue weighted by molar-refractivity contribution is 0.115. The molecular weight excluding hydrogens is 254 g/mol. The zero-order chi connectivity index (χ0) is 14.6. The largest absolute Gasteiger partial charge is 0.432 e. The third kappa shape index (κ3) is 4.49. The molecular formula is C15H27N3O2. The monoisotopic (exact) mass is 281 g/mol. The van der Waals surface area contributed by atoms with Gasteiger partial charge in [0.1, 0.15) is 6.26 Å². The Labute approximate surface area is 121 Å². The molecule has 5 heteroatoms. The molecule has 0 aliphatic carbocycles. The Morgan fingerprint density at radius 2 is 2.25 bits per heavy atom. The van der Waals surface area contributed by atoms with Gasteiger partial charge in [0.15, 0.2) is 0 Å². The van der Waals surface area contributed by atoms with Crippen molar-refractivity contribution in [2.45, 2.75) is 58.7 Å². The predicted molar refractivity (Wildman–Crippen MR) is 80.0 cm³/mol. The van der Waals surface area contributed by atoms with Gasteiger partial charge < -0.3 is 19.4 Å². The molecule has 0 amide bonds. The molecule has 1 aliphatic heterocycles. The number of anilines is 1. The fourth-order valence-electron chi connectivity index (χ4n) is 2.26. The van der Waals surface area contributed by atoms with Gasteiger partial charge in [0.2, 0.25) is 0 Å². The number of hydrogen-bond acceptors (Lipinski definition) is 5. The Kier molecular flexibility index (Phi) is 5.05. The lowest BCUT2D eigenvalue weighted by Crippen LogP contribution is -2.35. The Morgan fingerprint density at radius 1 is 1.45 bits per heavy atom. The van der Waals surface area contributed by atoms with Crippen molar-refractivity contribution in [1.29, 1.82) is 0 Å². The first-order valence-electron chi connectivity index (χ1n) is 7.54. The molecule has 0 bridgehead atoms. The average molecular weight is 281 g/mol. The van der Waals surface area contributed by atoms with Gasteiger partial charge in [0.25, 0.3) is 6.01 Å². The number of aromatic nitrogens is 1. The SMILES string of the molecule is CCN(CC1CCCO1)c1nc(CNC(C)(C)C)co1. The van der Waals surface area contributed by atoms with Gasteiger partial charge in [-0.05, 0) is 40.5 Å². The number of oxazole rings is 1. The van der Waals surface area contributed by atoms with Gasteiger partial charge in [0.05, 0.1) is 11.8 Å². The van der Waals surface area contributed by atoms with Gasteiger partial charge in [0, 0.05) is 31.8 Å². The van der Waals surface area contributed by atoms with E-state index in [0.29, 0.717) is 12.1 Å². The maximum atomic E-state index is 5.68. The van der Waals surface area contributed by atoms with Crippen LogP contribution in [0.25, 0.3) is 0 Å². The minimum atomic E-state index is 0.0846. The molecule has 5 nitrogen and oxygen atoms in total. The molecule has 2 heterocycles. The van der Waals surface area contributed by atoms with Crippen molar-refractivity contribution in [1.82, 2.24) is 10.3 Å². The first kappa shape index (κ1) is 15.3. The van der Waals surface area contributed by atoms with Crippen LogP contribution in [-0.4, -0.2) is 36.3 Å². The maximum absolute atomic E-state index is 5.68. The Bertz CT molecular complexity index is 405. The van der Waals surface area contributed by atoms with Gasteiger partial charge in [-0.1, -0.05) is 0 Å². The van der Waals surface area contributed by atoms with E-state index in [2.05, 4.69) is 42.9 Å². The highest BCUT2D eigenvalue weighted by Crippen LogP contribution is 2.19. The fraction of sp³-hybridized carbons (Fsp3) is 0.800. The molecule has 1 unspecified atom stereocenters. The van der Waals surface area contributed by atoms with Crippen LogP contribution < -0.4 is 10.2 Å². The normalized spacial score (nSPS) is 19.5. The summed E-state index contributed by atoms with van der Waals surface area (Å²) in [6.45, 7) is 11.9. The Hall–Kier alpha value is -1.07. The van der Waals surface area contributed by atoms with Crippen LogP contribution >= 0.6 is 0 Å². The summed E-state index contributed by atoms with van der Waals surface area (Å²) >= 11 is 0. The summed E-state index contributed by atoms with van der Waals surface area (Å²) in [6.07, 6.45) is 4.36. The van der Waals surface area contributed by atoms with E-state index in [1.165, 1.54) is 0 Å². The van der Waals surface area contributed by atoms with Crippen LogP contribution in [0.1, 0.15) is 46.2 Å². The van der Waals surface area contributed by atoms with Crippen LogP contribution in [0.2, 0.25) is 0 Å². The summed E-state index contributed by atoms with van der Waals surface area (Å²) in [7, 11) is 0. The quantitative estimate of drug-likeness (QED) is 0.868. The molecule has 2 rings (SSSR count). The van der Waals surface area contributed by atoms with Gasteiger partial charge in [-0.2, -0.15) is 4.98 Å². The number of likely N-dealkylation sites (N-methyl/N-ethyl adjacent to an activating group) is 1. The summed E-state index contributed by atoms with van der Waals surface area (Å²) in [4.78, 5) is 6.72. The Balaban J connectivity index is 1.91. The highest BCUT2D eigenvalue weighted by Gasteiger charge is 2.21.